The van der Waals surface area contributed by atoms with Crippen molar-refractivity contribution >= 4 is 20.7 Å². The zero-order valence-corrected chi connectivity index (χ0v) is 15.2. The van der Waals surface area contributed by atoms with E-state index in [1.165, 1.54) is 12.1 Å². The maximum absolute atomic E-state index is 13.9. The lowest BCUT2D eigenvalue weighted by molar-refractivity contribution is 0.336. The van der Waals surface area contributed by atoms with Crippen molar-refractivity contribution in [3.63, 3.8) is 0 Å². The van der Waals surface area contributed by atoms with Gasteiger partial charge in [-0.3, -0.25) is 0 Å². The molecule has 2 aromatic carbocycles. The van der Waals surface area contributed by atoms with Crippen LogP contribution in [0.15, 0.2) is 64.5 Å². The van der Waals surface area contributed by atoms with Crippen molar-refractivity contribution in [1.29, 1.82) is 0 Å². The Morgan fingerprint density at radius 1 is 1.08 bits per heavy atom. The molecule has 0 atom stereocenters. The maximum atomic E-state index is 13.9. The highest BCUT2D eigenvalue weighted by atomic mass is 32.2. The normalized spacial score (nSPS) is 16.2. The summed E-state index contributed by atoms with van der Waals surface area (Å²) in [7, 11) is -3.65. The molecule has 6 heteroatoms. The van der Waals surface area contributed by atoms with Crippen LogP contribution in [-0.2, 0) is 16.4 Å². The molecule has 1 saturated heterocycles. The molecule has 0 saturated carbocycles. The summed E-state index contributed by atoms with van der Waals surface area (Å²) in [6.45, 7) is 2.63. The lowest BCUT2D eigenvalue weighted by atomic mass is 9.98. The Kier molecular flexibility index (Phi) is 4.54. The summed E-state index contributed by atoms with van der Waals surface area (Å²) in [5.41, 5.74) is 0.637. The number of aromatic nitrogens is 1. The van der Waals surface area contributed by atoms with Crippen LogP contribution in [0.2, 0.25) is 0 Å². The Hall–Kier alpha value is -2.18. The molecule has 3 aromatic rings. The molecule has 0 spiro atoms. The van der Waals surface area contributed by atoms with E-state index in [0.29, 0.717) is 23.4 Å². The average Bonchev–Trinajstić information content (AvgIpc) is 3.02. The second kappa shape index (κ2) is 6.85. The van der Waals surface area contributed by atoms with E-state index in [9.17, 15) is 12.8 Å². The highest BCUT2D eigenvalue weighted by Crippen LogP contribution is 2.31. The lowest BCUT2D eigenvalue weighted by Gasteiger charge is -2.23. The van der Waals surface area contributed by atoms with Crippen LogP contribution in [-0.4, -0.2) is 26.1 Å². The van der Waals surface area contributed by atoms with Crippen molar-refractivity contribution in [1.82, 2.24) is 9.88 Å². The highest BCUT2D eigenvalue weighted by Gasteiger charge is 2.24. The van der Waals surface area contributed by atoms with Crippen molar-refractivity contribution < 1.29 is 12.8 Å². The fraction of sp³-hybridized carbons (Fsp3) is 0.300. The maximum Gasteiger partial charge on any atom is 0.208 e. The minimum atomic E-state index is -3.65. The summed E-state index contributed by atoms with van der Waals surface area (Å²) in [5, 5.41) is 3.91. The minimum absolute atomic E-state index is 0.243. The molecule has 0 amide bonds. The molecule has 1 aliphatic heterocycles. The van der Waals surface area contributed by atoms with E-state index in [0.717, 1.165) is 25.9 Å². The molecule has 0 radical (unpaired) electrons. The number of rotatable bonds is 4. The molecular formula is C20H21FN2O2S. The topological polar surface area (TPSA) is 51.1 Å². The van der Waals surface area contributed by atoms with Gasteiger partial charge in [-0.25, -0.2) is 12.8 Å². The molecular weight excluding hydrogens is 351 g/mol. The number of hydrogen-bond donors (Lipinski definition) is 1. The second-order valence-corrected chi connectivity index (χ2v) is 8.74. The zero-order valence-electron chi connectivity index (χ0n) is 14.4. The van der Waals surface area contributed by atoms with E-state index in [4.69, 9.17) is 0 Å². The van der Waals surface area contributed by atoms with Crippen LogP contribution in [0.25, 0.3) is 10.9 Å². The smallest absolute Gasteiger partial charge is 0.208 e. The number of nitrogens with one attached hydrogen (secondary N) is 1. The Morgan fingerprint density at radius 2 is 1.81 bits per heavy atom. The van der Waals surface area contributed by atoms with Crippen molar-refractivity contribution in [3.05, 3.63) is 60.5 Å². The average molecular weight is 372 g/mol. The van der Waals surface area contributed by atoms with Crippen LogP contribution in [0.3, 0.4) is 0 Å². The Morgan fingerprint density at radius 3 is 2.54 bits per heavy atom. The molecule has 4 nitrogen and oxygen atoms in total. The van der Waals surface area contributed by atoms with Gasteiger partial charge in [0.2, 0.25) is 9.84 Å². The predicted molar refractivity (Wildman–Crippen MR) is 99.4 cm³/mol. The van der Waals surface area contributed by atoms with Crippen LogP contribution in [0.5, 0.6) is 0 Å². The Balaban J connectivity index is 1.83. The number of nitrogens with zero attached hydrogens (tertiary/aromatic N) is 1. The van der Waals surface area contributed by atoms with Crippen molar-refractivity contribution in [2.24, 2.45) is 5.92 Å². The van der Waals surface area contributed by atoms with E-state index in [1.807, 2.05) is 4.57 Å². The fourth-order valence-electron chi connectivity index (χ4n) is 3.67. The molecule has 0 unspecified atom stereocenters. The molecule has 1 fully saturated rings. The molecule has 0 bridgehead atoms. The van der Waals surface area contributed by atoms with Crippen LogP contribution in [0.1, 0.15) is 12.8 Å². The summed E-state index contributed by atoms with van der Waals surface area (Å²) in [6, 6.07) is 12.7. The Bertz CT molecular complexity index is 1020. The minimum Gasteiger partial charge on any atom is -0.346 e. The van der Waals surface area contributed by atoms with E-state index in [2.05, 4.69) is 5.32 Å². The summed E-state index contributed by atoms with van der Waals surface area (Å²) >= 11 is 0. The first kappa shape index (κ1) is 17.2. The number of hydrogen-bond acceptors (Lipinski definition) is 3. The monoisotopic (exact) mass is 372 g/mol. The van der Waals surface area contributed by atoms with Crippen molar-refractivity contribution in [2.75, 3.05) is 13.1 Å². The fourth-order valence-corrected chi connectivity index (χ4v) is 5.16. The third kappa shape index (κ3) is 3.15. The lowest BCUT2D eigenvalue weighted by Crippen LogP contribution is -2.29. The summed E-state index contributed by atoms with van der Waals surface area (Å²) in [5.74, 6) is 0.105. The third-order valence-corrected chi connectivity index (χ3v) is 6.86. The van der Waals surface area contributed by atoms with Gasteiger partial charge in [-0.15, -0.1) is 0 Å². The first-order valence-corrected chi connectivity index (χ1v) is 10.3. The van der Waals surface area contributed by atoms with Crippen LogP contribution in [0.4, 0.5) is 4.39 Å². The van der Waals surface area contributed by atoms with E-state index in [1.54, 1.807) is 42.6 Å². The van der Waals surface area contributed by atoms with Gasteiger partial charge in [-0.1, -0.05) is 18.2 Å². The number of benzene rings is 2. The van der Waals surface area contributed by atoms with E-state index in [-0.39, 0.29) is 15.6 Å². The molecule has 0 aliphatic carbocycles. The van der Waals surface area contributed by atoms with Gasteiger partial charge in [0.1, 0.15) is 5.82 Å². The number of halogens is 1. The van der Waals surface area contributed by atoms with Gasteiger partial charge in [0, 0.05) is 18.1 Å². The van der Waals surface area contributed by atoms with E-state index >= 15 is 0 Å². The summed E-state index contributed by atoms with van der Waals surface area (Å²) in [4.78, 5) is 0.498. The predicted octanol–water partition coefficient (Wildman–Crippen LogP) is 3.61. The number of fused-ring (bicyclic) bond motifs is 1. The van der Waals surface area contributed by atoms with Crippen molar-refractivity contribution in [2.45, 2.75) is 29.2 Å². The van der Waals surface area contributed by atoms with Gasteiger partial charge in [-0.2, -0.15) is 0 Å². The summed E-state index contributed by atoms with van der Waals surface area (Å²) in [6.07, 6.45) is 3.75. The third-order valence-electron chi connectivity index (χ3n) is 5.06. The molecule has 1 N–H and O–H groups in total. The quantitative estimate of drug-likeness (QED) is 0.761. The van der Waals surface area contributed by atoms with Gasteiger partial charge in [0.25, 0.3) is 0 Å². The van der Waals surface area contributed by atoms with Gasteiger partial charge >= 0.3 is 0 Å². The van der Waals surface area contributed by atoms with Crippen LogP contribution in [0, 0.1) is 11.7 Å². The largest absolute Gasteiger partial charge is 0.346 e. The van der Waals surface area contributed by atoms with E-state index < -0.39 is 9.84 Å². The van der Waals surface area contributed by atoms with Crippen LogP contribution >= 0.6 is 0 Å². The summed E-state index contributed by atoms with van der Waals surface area (Å²) < 4.78 is 42.0. The Labute approximate surface area is 152 Å². The molecule has 136 valence electrons. The molecule has 2 heterocycles. The van der Waals surface area contributed by atoms with Crippen molar-refractivity contribution in [3.8, 4) is 0 Å². The number of piperidine rings is 1. The first-order chi connectivity index (χ1) is 12.6. The van der Waals surface area contributed by atoms with Gasteiger partial charge in [-0.05, 0) is 62.2 Å². The van der Waals surface area contributed by atoms with Gasteiger partial charge in [0.05, 0.1) is 15.3 Å². The van der Waals surface area contributed by atoms with Gasteiger partial charge in [0.15, 0.2) is 0 Å². The molecule has 1 aliphatic rings. The second-order valence-electron chi connectivity index (χ2n) is 6.82. The zero-order chi connectivity index (χ0) is 18.1. The standard InChI is InChI=1S/C20H21FN2O2S/c21-16-6-7-18-19(12-16)23(13-15-8-10-22-11-9-15)14-20(18)26(24,25)17-4-2-1-3-5-17/h1-7,12,14-15,22H,8-11,13H2. The van der Waals surface area contributed by atoms with Crippen LogP contribution < -0.4 is 5.32 Å². The highest BCUT2D eigenvalue weighted by molar-refractivity contribution is 7.91. The number of sulfone groups is 1. The molecule has 26 heavy (non-hydrogen) atoms. The van der Waals surface area contributed by atoms with Gasteiger partial charge < -0.3 is 9.88 Å². The first-order valence-electron chi connectivity index (χ1n) is 8.85. The SMILES string of the molecule is O=S(=O)(c1ccccc1)c1cn(CC2CCNCC2)c2cc(F)ccc12. The molecule has 1 aromatic heterocycles. The molecule has 4 rings (SSSR count).